The molecular formula is C28H46N2O4. The molecule has 0 aromatic carbocycles. The number of H-pyrrole nitrogens is 1. The molecule has 0 saturated carbocycles. The van der Waals surface area contributed by atoms with Crippen LogP contribution in [0.5, 0.6) is 0 Å². The van der Waals surface area contributed by atoms with Crippen LogP contribution in [0, 0.1) is 13.8 Å². The van der Waals surface area contributed by atoms with Crippen molar-refractivity contribution in [2.75, 3.05) is 0 Å². The van der Waals surface area contributed by atoms with Crippen LogP contribution in [-0.4, -0.2) is 21.1 Å². The molecule has 2 heterocycles. The van der Waals surface area contributed by atoms with Crippen molar-refractivity contribution in [3.8, 4) is 0 Å². The fourth-order valence-electron chi connectivity index (χ4n) is 3.22. The van der Waals surface area contributed by atoms with Crippen molar-refractivity contribution in [2.45, 2.75) is 108 Å². The minimum atomic E-state index is -0.475. The Morgan fingerprint density at radius 1 is 0.735 bits per heavy atom. The molecule has 0 atom stereocenters. The summed E-state index contributed by atoms with van der Waals surface area (Å²) in [7, 11) is 0. The van der Waals surface area contributed by atoms with Gasteiger partial charge in [0.2, 0.25) is 11.3 Å². The highest BCUT2D eigenvalue weighted by Crippen LogP contribution is 2.28. The molecule has 0 unspecified atom stereocenters. The molecule has 0 spiro atoms. The van der Waals surface area contributed by atoms with Crippen LogP contribution in [0.1, 0.15) is 131 Å². The molecule has 6 nitrogen and oxygen atoms in total. The van der Waals surface area contributed by atoms with E-state index in [2.05, 4.69) is 32.7 Å². The van der Waals surface area contributed by atoms with Crippen LogP contribution in [-0.2, 0) is 6.54 Å². The summed E-state index contributed by atoms with van der Waals surface area (Å²) in [6.45, 7) is 22.1. The van der Waals surface area contributed by atoms with Crippen molar-refractivity contribution in [3.63, 3.8) is 0 Å². The highest BCUT2D eigenvalue weighted by molar-refractivity contribution is 6.27. The smallest absolute Gasteiger partial charge is 0.251 e. The van der Waals surface area contributed by atoms with Gasteiger partial charge in [0.15, 0.2) is 5.78 Å². The van der Waals surface area contributed by atoms with Gasteiger partial charge in [-0.05, 0) is 31.4 Å². The number of fused-ring (bicyclic) bond motifs is 2. The first-order valence-corrected chi connectivity index (χ1v) is 12.8. The Balaban J connectivity index is 0. The molecule has 0 radical (unpaired) electrons. The number of nitrogens with zero attached hydrogens (tertiary/aromatic N) is 1. The summed E-state index contributed by atoms with van der Waals surface area (Å²) in [5.41, 5.74) is 0.750. The number of aromatic amines is 1. The molecule has 34 heavy (non-hydrogen) atoms. The van der Waals surface area contributed by atoms with Crippen LogP contribution >= 0.6 is 0 Å². The number of hydrogen-bond donors (Lipinski definition) is 1. The fraction of sp³-hybridized carbons (Fsp3) is 0.571. The lowest BCUT2D eigenvalue weighted by atomic mass is 9.85. The first kappa shape index (κ1) is 33.4. The van der Waals surface area contributed by atoms with E-state index in [1.165, 1.54) is 29.5 Å². The number of hydrogen-bond acceptors (Lipinski definition) is 4. The number of ketones is 2. The zero-order valence-electron chi connectivity index (χ0n) is 23.3. The van der Waals surface area contributed by atoms with E-state index in [0.717, 1.165) is 6.42 Å². The lowest BCUT2D eigenvalue weighted by Gasteiger charge is -2.23. The van der Waals surface area contributed by atoms with Gasteiger partial charge in [-0.15, -0.1) is 0 Å². The van der Waals surface area contributed by atoms with Crippen LogP contribution in [0.25, 0.3) is 0 Å². The van der Waals surface area contributed by atoms with Crippen LogP contribution in [0.2, 0.25) is 0 Å². The Hall–Kier alpha value is -2.76. The van der Waals surface area contributed by atoms with E-state index in [9.17, 15) is 19.2 Å². The second-order valence-electron chi connectivity index (χ2n) is 7.53. The highest BCUT2D eigenvalue weighted by atomic mass is 16.2. The van der Waals surface area contributed by atoms with Gasteiger partial charge in [-0.2, -0.15) is 0 Å². The van der Waals surface area contributed by atoms with Crippen molar-refractivity contribution in [1.29, 1.82) is 0 Å². The average Bonchev–Trinajstić information content (AvgIpc) is 2.80. The molecule has 192 valence electrons. The standard InChI is InChI=1S/C18H18N2O4.2C3H8.2C2H6/c1-4-5-6-20-12(22)8-10(3)14-16(20)18(24)15-13(17(14)23)9(2)7-11(21)19-15;2*1-3-2;2*1-2/h7-8H,4-6H2,1-3H3,(H,19,21);2*3H2,1-2H3;2*1-2H3. The Morgan fingerprint density at radius 2 is 1.21 bits per heavy atom. The van der Waals surface area contributed by atoms with Gasteiger partial charge in [-0.3, -0.25) is 19.2 Å². The van der Waals surface area contributed by atoms with Crippen molar-refractivity contribution in [3.05, 3.63) is 66.5 Å². The van der Waals surface area contributed by atoms with Crippen molar-refractivity contribution < 1.29 is 9.59 Å². The maximum absolute atomic E-state index is 13.0. The molecule has 1 aliphatic carbocycles. The Morgan fingerprint density at radius 3 is 1.68 bits per heavy atom. The predicted octanol–water partition coefficient (Wildman–Crippen LogP) is 6.61. The molecule has 0 saturated heterocycles. The van der Waals surface area contributed by atoms with Gasteiger partial charge in [0.1, 0.15) is 11.4 Å². The summed E-state index contributed by atoms with van der Waals surface area (Å²) in [6.07, 6.45) is 4.07. The monoisotopic (exact) mass is 474 g/mol. The summed E-state index contributed by atoms with van der Waals surface area (Å²) in [4.78, 5) is 52.5. The SMILES string of the molecule is CC.CC.CCC.CCC.CCCCn1c2c(c(C)cc1=O)C(=O)c1c(C)cc(=O)[nH]c1C2=O. The fourth-order valence-corrected chi connectivity index (χ4v) is 3.22. The van der Waals surface area contributed by atoms with E-state index >= 15 is 0 Å². The number of rotatable bonds is 3. The first-order valence-electron chi connectivity index (χ1n) is 12.8. The predicted molar refractivity (Wildman–Crippen MR) is 144 cm³/mol. The third kappa shape index (κ3) is 8.23. The minimum absolute atomic E-state index is 0.0206. The molecule has 0 fully saturated rings. The average molecular weight is 475 g/mol. The lowest BCUT2D eigenvalue weighted by Crippen LogP contribution is -2.35. The zero-order chi connectivity index (χ0) is 27.0. The molecule has 0 bridgehead atoms. The number of aryl methyl sites for hydroxylation is 2. The maximum atomic E-state index is 13.0. The molecular weight excluding hydrogens is 428 g/mol. The maximum Gasteiger partial charge on any atom is 0.251 e. The van der Waals surface area contributed by atoms with Gasteiger partial charge < -0.3 is 9.55 Å². The first-order chi connectivity index (χ1) is 16.2. The van der Waals surface area contributed by atoms with E-state index in [0.29, 0.717) is 24.1 Å². The normalized spacial score (nSPS) is 10.6. The second-order valence-corrected chi connectivity index (χ2v) is 7.53. The molecule has 1 aliphatic rings. The quantitative estimate of drug-likeness (QED) is 0.462. The highest BCUT2D eigenvalue weighted by Gasteiger charge is 2.35. The third-order valence-corrected chi connectivity index (χ3v) is 4.38. The molecule has 2 aromatic heterocycles. The lowest BCUT2D eigenvalue weighted by molar-refractivity contribution is 0.0965. The summed E-state index contributed by atoms with van der Waals surface area (Å²) in [5, 5.41) is 0. The Labute approximate surface area is 205 Å². The topological polar surface area (TPSA) is 89.0 Å². The van der Waals surface area contributed by atoms with E-state index < -0.39 is 11.3 Å². The number of carbonyl (C=O) groups is 2. The number of nitrogens with one attached hydrogen (secondary N) is 1. The molecule has 1 N–H and O–H groups in total. The van der Waals surface area contributed by atoms with Gasteiger partial charge in [-0.1, -0.05) is 81.6 Å². The third-order valence-electron chi connectivity index (χ3n) is 4.38. The van der Waals surface area contributed by atoms with Crippen molar-refractivity contribution >= 4 is 11.6 Å². The van der Waals surface area contributed by atoms with Crippen molar-refractivity contribution in [1.82, 2.24) is 9.55 Å². The molecule has 0 amide bonds. The molecule has 2 aromatic rings. The summed E-state index contributed by atoms with van der Waals surface area (Å²) in [5.74, 6) is -0.798. The van der Waals surface area contributed by atoms with E-state index in [1.54, 1.807) is 13.8 Å². The number of carbonyl (C=O) groups excluding carboxylic acids is 2. The van der Waals surface area contributed by atoms with Crippen LogP contribution in [0.15, 0.2) is 21.7 Å². The van der Waals surface area contributed by atoms with Crippen molar-refractivity contribution in [2.24, 2.45) is 0 Å². The summed E-state index contributed by atoms with van der Waals surface area (Å²) >= 11 is 0. The Bertz CT molecular complexity index is 1030. The van der Waals surface area contributed by atoms with Gasteiger partial charge >= 0.3 is 0 Å². The largest absolute Gasteiger partial charge is 0.318 e. The second kappa shape index (κ2) is 17.7. The van der Waals surface area contributed by atoms with Crippen LogP contribution < -0.4 is 11.1 Å². The summed E-state index contributed by atoms with van der Waals surface area (Å²) in [6, 6.07) is 2.70. The van der Waals surface area contributed by atoms with E-state index in [1.807, 2.05) is 34.6 Å². The van der Waals surface area contributed by atoms with Gasteiger partial charge in [0.05, 0.1) is 11.1 Å². The zero-order valence-corrected chi connectivity index (χ0v) is 23.3. The molecule has 3 rings (SSSR count). The Kier molecular flexibility index (Phi) is 17.4. The van der Waals surface area contributed by atoms with E-state index in [4.69, 9.17) is 0 Å². The van der Waals surface area contributed by atoms with Gasteiger partial charge in [0, 0.05) is 18.7 Å². The van der Waals surface area contributed by atoms with Crippen LogP contribution in [0.3, 0.4) is 0 Å². The van der Waals surface area contributed by atoms with Crippen LogP contribution in [0.4, 0.5) is 0 Å². The van der Waals surface area contributed by atoms with Gasteiger partial charge in [0.25, 0.3) is 5.56 Å². The number of unbranched alkanes of at least 4 members (excludes halogenated alkanes) is 1. The minimum Gasteiger partial charge on any atom is -0.318 e. The van der Waals surface area contributed by atoms with Gasteiger partial charge in [-0.25, -0.2) is 0 Å². The molecule has 0 aliphatic heterocycles. The van der Waals surface area contributed by atoms with E-state index in [-0.39, 0.29) is 33.9 Å². The number of aromatic nitrogens is 2. The molecule has 6 heteroatoms. The number of pyridine rings is 2. The summed E-state index contributed by atoms with van der Waals surface area (Å²) < 4.78 is 1.36.